The molecule has 0 unspecified atom stereocenters. The first kappa shape index (κ1) is 17.1. The summed E-state index contributed by atoms with van der Waals surface area (Å²) in [6, 6.07) is 4.14. The van der Waals surface area contributed by atoms with E-state index in [1.165, 1.54) is 11.1 Å². The van der Waals surface area contributed by atoms with Crippen LogP contribution >= 0.6 is 0 Å². The molecular weight excluding hydrogens is 278 g/mol. The predicted molar refractivity (Wildman–Crippen MR) is 88.7 cm³/mol. The van der Waals surface area contributed by atoms with Crippen molar-refractivity contribution in [2.45, 2.75) is 58.3 Å². The summed E-state index contributed by atoms with van der Waals surface area (Å²) in [4.78, 5) is 2.33. The number of aliphatic hydroxyl groups is 1. The minimum atomic E-state index is -0.295. The molecule has 1 aromatic carbocycles. The van der Waals surface area contributed by atoms with E-state index in [1.54, 1.807) is 7.11 Å². The highest BCUT2D eigenvalue weighted by atomic mass is 16.5. The number of fused-ring (bicyclic) bond motifs is 1. The fraction of sp³-hybridized carbons (Fsp3) is 0.667. The van der Waals surface area contributed by atoms with Crippen molar-refractivity contribution in [2.75, 3.05) is 20.7 Å². The van der Waals surface area contributed by atoms with Crippen LogP contribution in [0.3, 0.4) is 0 Å². The largest absolute Gasteiger partial charge is 0.493 e. The first-order chi connectivity index (χ1) is 10.6. The number of ether oxygens (including phenoxy) is 2. The van der Waals surface area contributed by atoms with Gasteiger partial charge in [0.15, 0.2) is 11.5 Å². The van der Waals surface area contributed by atoms with Gasteiger partial charge in [0.1, 0.15) is 6.10 Å². The van der Waals surface area contributed by atoms with E-state index in [0.717, 1.165) is 43.9 Å². The number of aliphatic hydroxyl groups excluding tert-OH is 1. The molecule has 0 fully saturated rings. The molecule has 4 nitrogen and oxygen atoms in total. The molecule has 2 rings (SSSR count). The Labute approximate surface area is 134 Å². The van der Waals surface area contributed by atoms with Crippen molar-refractivity contribution in [3.63, 3.8) is 0 Å². The number of methoxy groups -OCH3 is 1. The van der Waals surface area contributed by atoms with Crippen LogP contribution in [0.5, 0.6) is 11.5 Å². The van der Waals surface area contributed by atoms with E-state index in [1.807, 2.05) is 13.0 Å². The summed E-state index contributed by atoms with van der Waals surface area (Å²) in [6.45, 7) is 6.20. The zero-order chi connectivity index (χ0) is 16.1. The summed E-state index contributed by atoms with van der Waals surface area (Å²) in [5, 5.41) is 9.89. The minimum Gasteiger partial charge on any atom is -0.493 e. The molecule has 1 heterocycles. The van der Waals surface area contributed by atoms with Crippen molar-refractivity contribution in [1.29, 1.82) is 0 Å². The van der Waals surface area contributed by atoms with Gasteiger partial charge in [-0.05, 0) is 38.1 Å². The monoisotopic (exact) mass is 307 g/mol. The molecule has 0 aromatic heterocycles. The highest BCUT2D eigenvalue weighted by Gasteiger charge is 2.29. The quantitative estimate of drug-likeness (QED) is 0.801. The summed E-state index contributed by atoms with van der Waals surface area (Å²) in [7, 11) is 3.82. The molecule has 0 radical (unpaired) electrons. The van der Waals surface area contributed by atoms with Gasteiger partial charge in [-0.3, -0.25) is 0 Å². The van der Waals surface area contributed by atoms with Gasteiger partial charge in [0, 0.05) is 24.9 Å². The predicted octanol–water partition coefficient (Wildman–Crippen LogP) is 3.00. The summed E-state index contributed by atoms with van der Waals surface area (Å²) in [5.74, 6) is 1.67. The molecule has 4 heteroatoms. The summed E-state index contributed by atoms with van der Waals surface area (Å²) in [5.41, 5.74) is 2.55. The molecule has 1 aromatic rings. The molecule has 0 amide bonds. The molecule has 0 saturated heterocycles. The topological polar surface area (TPSA) is 41.9 Å². The molecule has 1 aliphatic heterocycles. The zero-order valence-electron chi connectivity index (χ0n) is 14.3. The second-order valence-corrected chi connectivity index (χ2v) is 6.21. The smallest absolute Gasteiger partial charge is 0.165 e. The van der Waals surface area contributed by atoms with E-state index >= 15 is 0 Å². The van der Waals surface area contributed by atoms with Gasteiger partial charge >= 0.3 is 0 Å². The molecule has 0 bridgehead atoms. The fourth-order valence-corrected chi connectivity index (χ4v) is 3.10. The molecule has 0 spiro atoms. The Bertz CT molecular complexity index is 489. The first-order valence-corrected chi connectivity index (χ1v) is 8.31. The highest BCUT2D eigenvalue weighted by Crippen LogP contribution is 2.41. The van der Waals surface area contributed by atoms with Crippen molar-refractivity contribution in [3.05, 3.63) is 23.3 Å². The van der Waals surface area contributed by atoms with Crippen LogP contribution in [-0.4, -0.2) is 42.9 Å². The molecule has 2 atom stereocenters. The number of benzene rings is 1. The van der Waals surface area contributed by atoms with Crippen LogP contribution in [0.25, 0.3) is 0 Å². The fourth-order valence-electron chi connectivity index (χ4n) is 3.10. The molecule has 22 heavy (non-hydrogen) atoms. The standard InChI is InChI=1S/C18H29NO3/c1-5-9-19(3)12-13-7-8-17(21-4)18-16(13)11-15(22-18)10-14(20)6-2/h7-8,14-15,20H,5-6,9-12H2,1-4H3/t14-,15-/m0/s1. The van der Waals surface area contributed by atoms with Crippen molar-refractivity contribution in [1.82, 2.24) is 4.90 Å². The highest BCUT2D eigenvalue weighted by molar-refractivity contribution is 5.53. The van der Waals surface area contributed by atoms with Gasteiger partial charge in [-0.1, -0.05) is 19.9 Å². The first-order valence-electron chi connectivity index (χ1n) is 8.31. The normalized spacial score (nSPS) is 18.2. The van der Waals surface area contributed by atoms with Crippen LogP contribution in [0, 0.1) is 0 Å². The van der Waals surface area contributed by atoms with Crippen molar-refractivity contribution >= 4 is 0 Å². The molecule has 1 aliphatic rings. The van der Waals surface area contributed by atoms with Crippen molar-refractivity contribution in [2.24, 2.45) is 0 Å². The lowest BCUT2D eigenvalue weighted by atomic mass is 9.99. The molecule has 1 N–H and O–H groups in total. The van der Waals surface area contributed by atoms with Gasteiger partial charge in [-0.25, -0.2) is 0 Å². The lowest BCUT2D eigenvalue weighted by molar-refractivity contribution is 0.101. The third-order valence-corrected chi connectivity index (χ3v) is 4.31. The van der Waals surface area contributed by atoms with E-state index in [9.17, 15) is 5.11 Å². The second-order valence-electron chi connectivity index (χ2n) is 6.21. The molecule has 0 aliphatic carbocycles. The maximum absolute atomic E-state index is 9.89. The van der Waals surface area contributed by atoms with E-state index in [2.05, 4.69) is 24.9 Å². The lowest BCUT2D eigenvalue weighted by Gasteiger charge is -2.18. The van der Waals surface area contributed by atoms with Gasteiger partial charge < -0.3 is 19.5 Å². The Balaban J connectivity index is 2.18. The Morgan fingerprint density at radius 3 is 2.82 bits per heavy atom. The minimum absolute atomic E-state index is 0.0523. The number of hydrogen-bond acceptors (Lipinski definition) is 4. The van der Waals surface area contributed by atoms with Crippen LogP contribution < -0.4 is 9.47 Å². The van der Waals surface area contributed by atoms with Crippen LogP contribution in [0.4, 0.5) is 0 Å². The second kappa shape index (κ2) is 7.84. The SMILES string of the molecule is CCCN(C)Cc1ccc(OC)c2c1C[C@H](C[C@@H](O)CC)O2. The molecule has 0 saturated carbocycles. The third kappa shape index (κ3) is 3.93. The van der Waals surface area contributed by atoms with E-state index in [-0.39, 0.29) is 12.2 Å². The van der Waals surface area contributed by atoms with Crippen LogP contribution in [-0.2, 0) is 13.0 Å². The van der Waals surface area contributed by atoms with Gasteiger partial charge in [0.2, 0.25) is 0 Å². The van der Waals surface area contributed by atoms with Crippen LogP contribution in [0.1, 0.15) is 44.2 Å². The Kier molecular flexibility index (Phi) is 6.09. The summed E-state index contributed by atoms with van der Waals surface area (Å²) >= 11 is 0. The zero-order valence-corrected chi connectivity index (χ0v) is 14.3. The van der Waals surface area contributed by atoms with E-state index in [4.69, 9.17) is 9.47 Å². The van der Waals surface area contributed by atoms with E-state index < -0.39 is 0 Å². The van der Waals surface area contributed by atoms with Gasteiger partial charge in [-0.15, -0.1) is 0 Å². The van der Waals surface area contributed by atoms with E-state index in [0.29, 0.717) is 6.42 Å². The Morgan fingerprint density at radius 1 is 1.41 bits per heavy atom. The van der Waals surface area contributed by atoms with Crippen LogP contribution in [0.15, 0.2) is 12.1 Å². The van der Waals surface area contributed by atoms with Gasteiger partial charge in [-0.2, -0.15) is 0 Å². The number of rotatable bonds is 8. The van der Waals surface area contributed by atoms with Crippen molar-refractivity contribution < 1.29 is 14.6 Å². The van der Waals surface area contributed by atoms with Gasteiger partial charge in [0.25, 0.3) is 0 Å². The molecule has 124 valence electrons. The summed E-state index contributed by atoms with van der Waals surface area (Å²) in [6.07, 6.45) is 3.21. The van der Waals surface area contributed by atoms with Crippen LogP contribution in [0.2, 0.25) is 0 Å². The third-order valence-electron chi connectivity index (χ3n) is 4.31. The van der Waals surface area contributed by atoms with Crippen molar-refractivity contribution in [3.8, 4) is 11.5 Å². The summed E-state index contributed by atoms with van der Waals surface area (Å²) < 4.78 is 11.5. The molecular formula is C18H29NO3. The average molecular weight is 307 g/mol. The maximum atomic E-state index is 9.89. The van der Waals surface area contributed by atoms with Gasteiger partial charge in [0.05, 0.1) is 13.2 Å². The maximum Gasteiger partial charge on any atom is 0.165 e. The number of nitrogens with zero attached hydrogens (tertiary/aromatic N) is 1. The Morgan fingerprint density at radius 2 is 2.18 bits per heavy atom. The Hall–Kier alpha value is -1.26. The average Bonchev–Trinajstić information content (AvgIpc) is 2.91. The lowest BCUT2D eigenvalue weighted by Crippen LogP contribution is -2.21. The number of hydrogen-bond donors (Lipinski definition) is 1.